The van der Waals surface area contributed by atoms with E-state index in [4.69, 9.17) is 9.84 Å². The number of carboxylic acids is 1. The summed E-state index contributed by atoms with van der Waals surface area (Å²) < 4.78 is 5.09. The average molecular weight is 255 g/mol. The van der Waals surface area contributed by atoms with Crippen LogP contribution in [0.1, 0.15) is 19.5 Å². The van der Waals surface area contributed by atoms with Gasteiger partial charge < -0.3 is 20.1 Å². The molecule has 1 rings (SSSR count). The molecule has 7 heteroatoms. The molecule has 1 aromatic heterocycles. The fourth-order valence-electron chi connectivity index (χ4n) is 1.29. The average Bonchev–Trinajstić information content (AvgIpc) is 2.78. The molecule has 0 aromatic carbocycles. The number of ether oxygens (including phenoxy) is 1. The van der Waals surface area contributed by atoms with Crippen molar-refractivity contribution in [1.82, 2.24) is 15.3 Å². The van der Waals surface area contributed by atoms with Gasteiger partial charge in [0.25, 0.3) is 0 Å². The lowest BCUT2D eigenvalue weighted by molar-refractivity contribution is -0.142. The zero-order chi connectivity index (χ0) is 13.5. The van der Waals surface area contributed by atoms with Crippen molar-refractivity contribution in [3.63, 3.8) is 0 Å². The lowest BCUT2D eigenvalue weighted by Crippen LogP contribution is -2.44. The van der Waals surface area contributed by atoms with Gasteiger partial charge in [0.1, 0.15) is 12.6 Å². The largest absolute Gasteiger partial charge is 0.480 e. The third-order valence-corrected chi connectivity index (χ3v) is 2.16. The molecule has 3 N–H and O–H groups in total. The summed E-state index contributed by atoms with van der Waals surface area (Å²) in [6.07, 6.45) is 3.06. The van der Waals surface area contributed by atoms with Crippen molar-refractivity contribution in [3.05, 3.63) is 18.2 Å². The van der Waals surface area contributed by atoms with E-state index in [0.29, 0.717) is 5.69 Å². The topological polar surface area (TPSA) is 104 Å². The van der Waals surface area contributed by atoms with Crippen molar-refractivity contribution in [2.45, 2.75) is 32.4 Å². The molecule has 1 atom stereocenters. The number of aliphatic carboxylic acids is 1. The molecule has 0 aliphatic rings. The molecule has 0 saturated heterocycles. The first-order valence-corrected chi connectivity index (χ1v) is 5.60. The molecule has 1 amide bonds. The van der Waals surface area contributed by atoms with Crippen LogP contribution < -0.4 is 5.32 Å². The Labute approximate surface area is 105 Å². The summed E-state index contributed by atoms with van der Waals surface area (Å²) in [5.41, 5.74) is 0.646. The Balaban J connectivity index is 2.48. The normalized spacial score (nSPS) is 12.4. The molecule has 0 unspecified atom stereocenters. The number of rotatable bonds is 7. The van der Waals surface area contributed by atoms with Gasteiger partial charge in [-0.1, -0.05) is 0 Å². The van der Waals surface area contributed by atoms with Crippen molar-refractivity contribution in [1.29, 1.82) is 0 Å². The van der Waals surface area contributed by atoms with E-state index in [-0.39, 0.29) is 19.1 Å². The van der Waals surface area contributed by atoms with Crippen LogP contribution in [-0.4, -0.2) is 45.7 Å². The first-order valence-electron chi connectivity index (χ1n) is 5.60. The van der Waals surface area contributed by atoms with Gasteiger partial charge >= 0.3 is 5.97 Å². The highest BCUT2D eigenvalue weighted by Gasteiger charge is 2.21. The third kappa shape index (κ3) is 4.96. The van der Waals surface area contributed by atoms with Crippen LogP contribution in [0, 0.1) is 0 Å². The Bertz CT molecular complexity index is 389. The lowest BCUT2D eigenvalue weighted by atomic mass is 10.1. The Morgan fingerprint density at radius 3 is 2.78 bits per heavy atom. The maximum atomic E-state index is 11.5. The number of imidazole rings is 1. The highest BCUT2D eigenvalue weighted by Crippen LogP contribution is 1.99. The number of carbonyl (C=O) groups excluding carboxylic acids is 1. The SMILES string of the molecule is CC(C)OCC(=O)N[C@H](Cc1cnc[nH]1)C(=O)O. The van der Waals surface area contributed by atoms with Crippen LogP contribution in [0.3, 0.4) is 0 Å². The van der Waals surface area contributed by atoms with Gasteiger partial charge in [0.15, 0.2) is 0 Å². The first-order chi connectivity index (χ1) is 8.49. The molecule has 0 bridgehead atoms. The maximum absolute atomic E-state index is 11.5. The van der Waals surface area contributed by atoms with Crippen LogP contribution >= 0.6 is 0 Å². The molecule has 100 valence electrons. The summed E-state index contributed by atoms with van der Waals surface area (Å²) in [4.78, 5) is 29.1. The molecule has 1 heterocycles. The van der Waals surface area contributed by atoms with Gasteiger partial charge in [-0.3, -0.25) is 4.79 Å². The van der Waals surface area contributed by atoms with Gasteiger partial charge in [-0.15, -0.1) is 0 Å². The van der Waals surface area contributed by atoms with Crippen LogP contribution in [-0.2, 0) is 20.7 Å². The zero-order valence-corrected chi connectivity index (χ0v) is 10.3. The van der Waals surface area contributed by atoms with E-state index in [1.807, 2.05) is 0 Å². The Hall–Kier alpha value is -1.89. The molecule has 18 heavy (non-hydrogen) atoms. The van der Waals surface area contributed by atoms with E-state index in [1.54, 1.807) is 13.8 Å². The molecular formula is C11H17N3O4. The van der Waals surface area contributed by atoms with E-state index >= 15 is 0 Å². The number of aromatic nitrogens is 2. The number of aromatic amines is 1. The van der Waals surface area contributed by atoms with E-state index in [2.05, 4.69) is 15.3 Å². The van der Waals surface area contributed by atoms with Crippen molar-refractivity contribution in [2.75, 3.05) is 6.61 Å². The molecule has 0 fully saturated rings. The van der Waals surface area contributed by atoms with Gasteiger partial charge in [-0.05, 0) is 13.8 Å². The zero-order valence-electron chi connectivity index (χ0n) is 10.3. The number of hydrogen-bond acceptors (Lipinski definition) is 4. The van der Waals surface area contributed by atoms with E-state index in [9.17, 15) is 9.59 Å². The highest BCUT2D eigenvalue weighted by molar-refractivity contribution is 5.84. The summed E-state index contributed by atoms with van der Waals surface area (Å²) in [7, 11) is 0. The minimum absolute atomic E-state index is 0.0772. The van der Waals surface area contributed by atoms with Crippen LogP contribution in [0.2, 0.25) is 0 Å². The molecule has 7 nitrogen and oxygen atoms in total. The number of carboxylic acid groups (broad SMARTS) is 1. The van der Waals surface area contributed by atoms with Crippen LogP contribution in [0.25, 0.3) is 0 Å². The van der Waals surface area contributed by atoms with Gasteiger partial charge in [0.05, 0.1) is 12.4 Å². The standard InChI is InChI=1S/C11H17N3O4/c1-7(2)18-5-10(15)14-9(11(16)17)3-8-4-12-6-13-8/h4,6-7,9H,3,5H2,1-2H3,(H,12,13)(H,14,15)(H,16,17)/t9-/m1/s1. The number of amides is 1. The first kappa shape index (κ1) is 14.2. The Morgan fingerprint density at radius 2 is 2.28 bits per heavy atom. The molecule has 0 spiro atoms. The molecule has 0 saturated carbocycles. The van der Waals surface area contributed by atoms with Crippen LogP contribution in [0.5, 0.6) is 0 Å². The Kier molecular flexibility index (Phi) is 5.31. The second-order valence-corrected chi connectivity index (χ2v) is 4.10. The summed E-state index contributed by atoms with van der Waals surface area (Å²) >= 11 is 0. The molecule has 0 aliphatic heterocycles. The molecule has 0 radical (unpaired) electrons. The van der Waals surface area contributed by atoms with Crippen LogP contribution in [0.4, 0.5) is 0 Å². The molecule has 1 aromatic rings. The van der Waals surface area contributed by atoms with E-state index in [1.165, 1.54) is 12.5 Å². The monoisotopic (exact) mass is 255 g/mol. The molecule has 0 aliphatic carbocycles. The van der Waals surface area contributed by atoms with Gasteiger partial charge in [-0.2, -0.15) is 0 Å². The quantitative estimate of drug-likeness (QED) is 0.633. The minimum atomic E-state index is -1.09. The predicted octanol–water partition coefficient (Wildman–Crippen LogP) is -0.0534. The van der Waals surface area contributed by atoms with Crippen LogP contribution in [0.15, 0.2) is 12.5 Å². The minimum Gasteiger partial charge on any atom is -0.480 e. The number of carbonyl (C=O) groups is 2. The Morgan fingerprint density at radius 1 is 1.56 bits per heavy atom. The third-order valence-electron chi connectivity index (χ3n) is 2.16. The van der Waals surface area contributed by atoms with Gasteiger partial charge in [0.2, 0.25) is 5.91 Å². The highest BCUT2D eigenvalue weighted by atomic mass is 16.5. The number of nitrogens with one attached hydrogen (secondary N) is 2. The number of hydrogen-bond donors (Lipinski definition) is 3. The van der Waals surface area contributed by atoms with Gasteiger partial charge in [0, 0.05) is 18.3 Å². The van der Waals surface area contributed by atoms with Crippen molar-refractivity contribution >= 4 is 11.9 Å². The predicted molar refractivity (Wildman–Crippen MR) is 62.9 cm³/mol. The summed E-state index contributed by atoms with van der Waals surface area (Å²) in [6.45, 7) is 3.45. The fraction of sp³-hybridized carbons (Fsp3) is 0.545. The van der Waals surface area contributed by atoms with Crippen molar-refractivity contribution in [3.8, 4) is 0 Å². The summed E-state index contributed by atoms with van der Waals surface area (Å²) in [5, 5.41) is 11.4. The lowest BCUT2D eigenvalue weighted by Gasteiger charge is -2.14. The maximum Gasteiger partial charge on any atom is 0.326 e. The number of nitrogens with zero attached hydrogens (tertiary/aromatic N) is 1. The smallest absolute Gasteiger partial charge is 0.326 e. The van der Waals surface area contributed by atoms with E-state index < -0.39 is 17.9 Å². The summed E-state index contributed by atoms with van der Waals surface area (Å²) in [5.74, 6) is -1.54. The van der Waals surface area contributed by atoms with Crippen molar-refractivity contribution < 1.29 is 19.4 Å². The van der Waals surface area contributed by atoms with E-state index in [0.717, 1.165) is 0 Å². The second kappa shape index (κ2) is 6.75. The molecular weight excluding hydrogens is 238 g/mol. The summed E-state index contributed by atoms with van der Waals surface area (Å²) in [6, 6.07) is -0.992. The number of H-pyrrole nitrogens is 1. The van der Waals surface area contributed by atoms with Gasteiger partial charge in [-0.25, -0.2) is 9.78 Å². The fourth-order valence-corrected chi connectivity index (χ4v) is 1.29. The second-order valence-electron chi connectivity index (χ2n) is 4.10. The van der Waals surface area contributed by atoms with Crippen molar-refractivity contribution in [2.24, 2.45) is 0 Å².